The first-order valence-electron chi connectivity index (χ1n) is 8.23. The van der Waals surface area contributed by atoms with Crippen LogP contribution in [0.25, 0.3) is 0 Å². The monoisotopic (exact) mass is 357 g/mol. The first kappa shape index (κ1) is 17.3. The van der Waals surface area contributed by atoms with E-state index in [1.165, 1.54) is 4.90 Å². The molecule has 0 saturated carbocycles. The lowest BCUT2D eigenvalue weighted by atomic mass is 9.95. The Morgan fingerprint density at radius 2 is 2.16 bits per heavy atom. The molecule has 3 rings (SSSR count). The van der Waals surface area contributed by atoms with Gasteiger partial charge in [-0.3, -0.25) is 14.5 Å². The number of nitrogens with zero attached hydrogens (tertiary/aromatic N) is 2. The third-order valence-electron chi connectivity index (χ3n) is 4.06. The number of urea groups is 1. The average molecular weight is 357 g/mol. The van der Waals surface area contributed by atoms with Crippen LogP contribution in [0, 0.1) is 5.92 Å². The summed E-state index contributed by atoms with van der Waals surface area (Å²) in [5.74, 6) is -0.722. The van der Waals surface area contributed by atoms with Gasteiger partial charge in [0.05, 0.1) is 18.2 Å². The highest BCUT2D eigenvalue weighted by Gasteiger charge is 2.35. The van der Waals surface area contributed by atoms with Crippen LogP contribution in [0.4, 0.5) is 4.79 Å². The molecule has 0 bridgehead atoms. The Morgan fingerprint density at radius 1 is 1.28 bits per heavy atom. The van der Waals surface area contributed by atoms with Crippen molar-refractivity contribution in [1.29, 1.82) is 0 Å². The smallest absolute Gasteiger partial charge is 0.350 e. The zero-order valence-electron chi connectivity index (χ0n) is 13.7. The number of unbranched alkanes of at least 4 members (excludes halogenated alkanes) is 1. The zero-order chi connectivity index (χ0) is 17.6. The van der Waals surface area contributed by atoms with Gasteiger partial charge in [-0.1, -0.05) is 24.3 Å². The fourth-order valence-corrected chi connectivity index (χ4v) is 3.37. The van der Waals surface area contributed by atoms with Gasteiger partial charge in [-0.2, -0.15) is 4.99 Å². The topological polar surface area (TPSA) is 78.8 Å². The molecule has 1 N–H and O–H groups in total. The Kier molecular flexibility index (Phi) is 5.55. The molecule has 1 atom stereocenters. The van der Waals surface area contributed by atoms with Crippen molar-refractivity contribution >= 4 is 34.9 Å². The second kappa shape index (κ2) is 8.02. The first-order chi connectivity index (χ1) is 12.1. The number of thiophene rings is 1. The average Bonchev–Trinajstić information content (AvgIpc) is 3.12. The summed E-state index contributed by atoms with van der Waals surface area (Å²) in [5.41, 5.74) is 0.502. The number of amides is 4. The number of imide groups is 1. The molecule has 1 unspecified atom stereocenters. The summed E-state index contributed by atoms with van der Waals surface area (Å²) in [5, 5.41) is 4.84. The molecule has 0 saturated heterocycles. The third-order valence-corrected chi connectivity index (χ3v) is 4.94. The minimum absolute atomic E-state index is 0.0228. The van der Waals surface area contributed by atoms with Gasteiger partial charge in [-0.25, -0.2) is 4.79 Å². The molecule has 0 radical (unpaired) electrons. The number of allylic oxidation sites excluding steroid dienone is 3. The van der Waals surface area contributed by atoms with Gasteiger partial charge in [0.1, 0.15) is 0 Å². The lowest BCUT2D eigenvalue weighted by Gasteiger charge is -2.28. The van der Waals surface area contributed by atoms with E-state index in [-0.39, 0.29) is 11.8 Å². The van der Waals surface area contributed by atoms with E-state index in [0.29, 0.717) is 38.1 Å². The molecule has 0 spiro atoms. The molecule has 1 aliphatic carbocycles. The molecule has 1 aromatic rings. The summed E-state index contributed by atoms with van der Waals surface area (Å²) >= 11 is 1.60. The normalized spacial score (nSPS) is 19.0. The number of fused-ring (bicyclic) bond motifs is 1. The SMILES string of the molecule is O=C(CCCCN1C(=O)N=C2C=CC=CC2C1=O)NCc1cccs1. The van der Waals surface area contributed by atoms with Crippen molar-refractivity contribution in [3.63, 3.8) is 0 Å². The van der Waals surface area contributed by atoms with E-state index in [2.05, 4.69) is 10.3 Å². The molecule has 1 aliphatic heterocycles. The predicted molar refractivity (Wildman–Crippen MR) is 96.3 cm³/mol. The predicted octanol–water partition coefficient (Wildman–Crippen LogP) is 2.68. The van der Waals surface area contributed by atoms with Crippen molar-refractivity contribution < 1.29 is 14.4 Å². The number of aliphatic imine (C=N–C) groups is 1. The van der Waals surface area contributed by atoms with Crippen molar-refractivity contribution in [2.45, 2.75) is 25.8 Å². The Hall–Kier alpha value is -2.54. The largest absolute Gasteiger partial charge is 0.351 e. The van der Waals surface area contributed by atoms with Crippen molar-refractivity contribution in [2.75, 3.05) is 6.54 Å². The van der Waals surface area contributed by atoms with Gasteiger partial charge < -0.3 is 5.32 Å². The molecule has 2 aliphatic rings. The fraction of sp³-hybridized carbons (Fsp3) is 0.333. The van der Waals surface area contributed by atoms with Gasteiger partial charge in [0.25, 0.3) is 0 Å². The summed E-state index contributed by atoms with van der Waals surface area (Å²) in [6, 6.07) is 3.41. The van der Waals surface area contributed by atoms with Crippen LogP contribution in [0.2, 0.25) is 0 Å². The molecule has 130 valence electrons. The molecule has 0 aromatic carbocycles. The van der Waals surface area contributed by atoms with E-state index in [1.54, 1.807) is 35.6 Å². The van der Waals surface area contributed by atoms with Crippen molar-refractivity contribution in [3.05, 3.63) is 46.7 Å². The zero-order valence-corrected chi connectivity index (χ0v) is 14.5. The maximum Gasteiger partial charge on any atom is 0.350 e. The minimum Gasteiger partial charge on any atom is -0.351 e. The summed E-state index contributed by atoms with van der Waals surface area (Å²) < 4.78 is 0. The number of hydrogen-bond donors (Lipinski definition) is 1. The summed E-state index contributed by atoms with van der Waals surface area (Å²) in [7, 11) is 0. The fourth-order valence-electron chi connectivity index (χ4n) is 2.73. The number of rotatable bonds is 7. The van der Waals surface area contributed by atoms with Gasteiger partial charge in [-0.15, -0.1) is 11.3 Å². The molecule has 6 nitrogen and oxygen atoms in total. The second-order valence-electron chi connectivity index (χ2n) is 5.84. The highest BCUT2D eigenvalue weighted by atomic mass is 32.1. The van der Waals surface area contributed by atoms with E-state index >= 15 is 0 Å². The van der Waals surface area contributed by atoms with Crippen LogP contribution in [0.3, 0.4) is 0 Å². The number of hydrogen-bond acceptors (Lipinski definition) is 4. The first-order valence-corrected chi connectivity index (χ1v) is 9.11. The second-order valence-corrected chi connectivity index (χ2v) is 6.88. The molecular formula is C18H19N3O3S. The van der Waals surface area contributed by atoms with Crippen molar-refractivity contribution in [1.82, 2.24) is 10.2 Å². The van der Waals surface area contributed by atoms with Crippen molar-refractivity contribution in [2.24, 2.45) is 10.9 Å². The number of carbonyl (C=O) groups is 3. The Morgan fingerprint density at radius 3 is 2.96 bits per heavy atom. The van der Waals surface area contributed by atoms with Gasteiger partial charge in [0.15, 0.2) is 0 Å². The Bertz CT molecular complexity index is 750. The van der Waals surface area contributed by atoms with Crippen LogP contribution in [-0.2, 0) is 16.1 Å². The Labute approximate surface area is 149 Å². The van der Waals surface area contributed by atoms with Crippen LogP contribution in [-0.4, -0.2) is 35.0 Å². The maximum absolute atomic E-state index is 12.4. The third kappa shape index (κ3) is 4.30. The van der Waals surface area contributed by atoms with Crippen LogP contribution < -0.4 is 5.32 Å². The van der Waals surface area contributed by atoms with E-state index in [0.717, 1.165) is 4.88 Å². The van der Waals surface area contributed by atoms with Gasteiger partial charge in [0, 0.05) is 17.8 Å². The molecule has 25 heavy (non-hydrogen) atoms. The molecule has 4 amide bonds. The summed E-state index contributed by atoms with van der Waals surface area (Å²) in [6.07, 6.45) is 8.57. The quantitative estimate of drug-likeness (QED) is 0.762. The summed E-state index contributed by atoms with van der Waals surface area (Å²) in [6.45, 7) is 0.833. The molecule has 1 aromatic heterocycles. The van der Waals surface area contributed by atoms with Crippen molar-refractivity contribution in [3.8, 4) is 0 Å². The van der Waals surface area contributed by atoms with E-state index < -0.39 is 11.9 Å². The van der Waals surface area contributed by atoms with Crippen LogP contribution in [0.5, 0.6) is 0 Å². The summed E-state index contributed by atoms with van der Waals surface area (Å²) in [4.78, 5) is 42.5. The van der Waals surface area contributed by atoms with Crippen LogP contribution in [0.15, 0.2) is 46.8 Å². The number of nitrogens with one attached hydrogen (secondary N) is 1. The van der Waals surface area contributed by atoms with Gasteiger partial charge >= 0.3 is 6.03 Å². The molecule has 2 heterocycles. The lowest BCUT2D eigenvalue weighted by Crippen LogP contribution is -2.46. The van der Waals surface area contributed by atoms with E-state index in [9.17, 15) is 14.4 Å². The molecular weight excluding hydrogens is 338 g/mol. The van der Waals surface area contributed by atoms with E-state index in [1.807, 2.05) is 17.5 Å². The lowest BCUT2D eigenvalue weighted by molar-refractivity contribution is -0.129. The highest BCUT2D eigenvalue weighted by Crippen LogP contribution is 2.20. The van der Waals surface area contributed by atoms with Gasteiger partial charge in [0.2, 0.25) is 11.8 Å². The Balaban J connectivity index is 1.41. The van der Waals surface area contributed by atoms with Crippen LogP contribution >= 0.6 is 11.3 Å². The maximum atomic E-state index is 12.4. The number of carbonyl (C=O) groups excluding carboxylic acids is 3. The van der Waals surface area contributed by atoms with Crippen LogP contribution in [0.1, 0.15) is 24.1 Å². The minimum atomic E-state index is -0.515. The molecule has 0 fully saturated rings. The standard InChI is InChI=1S/C18H19N3O3S/c22-16(19-12-13-6-5-11-25-13)9-3-4-10-21-17(23)14-7-1-2-8-15(14)20-18(21)24/h1-2,5-8,11,14H,3-4,9-10,12H2,(H,19,22). The highest BCUT2D eigenvalue weighted by molar-refractivity contribution is 7.09. The molecule has 7 heteroatoms. The van der Waals surface area contributed by atoms with E-state index in [4.69, 9.17) is 0 Å². The van der Waals surface area contributed by atoms with Gasteiger partial charge in [-0.05, 0) is 30.4 Å².